The summed E-state index contributed by atoms with van der Waals surface area (Å²) in [5.74, 6) is -1.54. The molecule has 3 N–H and O–H groups in total. The Morgan fingerprint density at radius 3 is 2.58 bits per heavy atom. The molecule has 1 aliphatic heterocycles. The zero-order valence-corrected chi connectivity index (χ0v) is 11.1. The number of rotatable bonds is 4. The van der Waals surface area contributed by atoms with E-state index >= 15 is 0 Å². The SMILES string of the molecule is CC1(C)OCC(Cc2ccc([C@H](N)C(=O)O)cc2)O1. The van der Waals surface area contributed by atoms with Gasteiger partial charge in [-0.25, -0.2) is 0 Å². The molecule has 0 radical (unpaired) electrons. The molecular formula is C14H19NO4. The summed E-state index contributed by atoms with van der Waals surface area (Å²) < 4.78 is 11.2. The second-order valence-corrected chi connectivity index (χ2v) is 5.21. The third-order valence-electron chi connectivity index (χ3n) is 3.14. The van der Waals surface area contributed by atoms with E-state index in [1.807, 2.05) is 26.0 Å². The van der Waals surface area contributed by atoms with Crippen LogP contribution in [0.15, 0.2) is 24.3 Å². The maximum absolute atomic E-state index is 10.8. The van der Waals surface area contributed by atoms with E-state index in [-0.39, 0.29) is 6.10 Å². The minimum atomic E-state index is -1.03. The van der Waals surface area contributed by atoms with E-state index in [1.165, 1.54) is 0 Å². The van der Waals surface area contributed by atoms with Crippen LogP contribution >= 0.6 is 0 Å². The second-order valence-electron chi connectivity index (χ2n) is 5.21. The highest BCUT2D eigenvalue weighted by Gasteiger charge is 2.32. The van der Waals surface area contributed by atoms with Gasteiger partial charge in [-0.15, -0.1) is 0 Å². The van der Waals surface area contributed by atoms with Gasteiger partial charge in [0, 0.05) is 6.42 Å². The fourth-order valence-corrected chi connectivity index (χ4v) is 2.13. The van der Waals surface area contributed by atoms with Crippen molar-refractivity contribution in [2.45, 2.75) is 38.2 Å². The summed E-state index contributed by atoms with van der Waals surface area (Å²) in [6.45, 7) is 4.35. The van der Waals surface area contributed by atoms with E-state index in [1.54, 1.807) is 12.1 Å². The van der Waals surface area contributed by atoms with E-state index in [9.17, 15) is 4.79 Å². The maximum Gasteiger partial charge on any atom is 0.325 e. The fourth-order valence-electron chi connectivity index (χ4n) is 2.13. The van der Waals surface area contributed by atoms with Crippen molar-refractivity contribution >= 4 is 5.97 Å². The number of carbonyl (C=O) groups is 1. The van der Waals surface area contributed by atoms with Gasteiger partial charge < -0.3 is 20.3 Å². The average molecular weight is 265 g/mol. The predicted octanol–water partition coefficient (Wildman–Crippen LogP) is 1.46. The third-order valence-corrected chi connectivity index (χ3v) is 3.14. The zero-order chi connectivity index (χ0) is 14.0. The van der Waals surface area contributed by atoms with Crippen molar-refractivity contribution in [2.24, 2.45) is 5.73 Å². The van der Waals surface area contributed by atoms with Gasteiger partial charge in [-0.3, -0.25) is 4.79 Å². The first-order chi connectivity index (χ1) is 8.87. The molecule has 1 aliphatic rings. The van der Waals surface area contributed by atoms with Crippen molar-refractivity contribution in [1.29, 1.82) is 0 Å². The number of hydrogen-bond acceptors (Lipinski definition) is 4. The molecule has 1 aromatic rings. The molecule has 104 valence electrons. The van der Waals surface area contributed by atoms with Crippen LogP contribution in [0.3, 0.4) is 0 Å². The third kappa shape index (κ3) is 3.53. The highest BCUT2D eigenvalue weighted by molar-refractivity contribution is 5.75. The molecule has 0 bridgehead atoms. The van der Waals surface area contributed by atoms with Crippen LogP contribution in [0.25, 0.3) is 0 Å². The van der Waals surface area contributed by atoms with Crippen LogP contribution < -0.4 is 5.73 Å². The lowest BCUT2D eigenvalue weighted by atomic mass is 10.0. The summed E-state index contributed by atoms with van der Waals surface area (Å²) in [7, 11) is 0. The molecule has 0 aliphatic carbocycles. The summed E-state index contributed by atoms with van der Waals surface area (Å²) in [6, 6.07) is 6.28. The Hall–Kier alpha value is -1.43. The van der Waals surface area contributed by atoms with Crippen LogP contribution in [-0.4, -0.2) is 29.6 Å². The maximum atomic E-state index is 10.8. The highest BCUT2D eigenvalue weighted by atomic mass is 16.7. The summed E-state index contributed by atoms with van der Waals surface area (Å²) >= 11 is 0. The van der Waals surface area contributed by atoms with Crippen LogP contribution in [-0.2, 0) is 20.7 Å². The standard InChI is InChI=1S/C14H19NO4/c1-14(2)18-8-11(19-14)7-9-3-5-10(6-4-9)12(15)13(16)17/h3-6,11-12H,7-8,15H2,1-2H3,(H,16,17)/t11?,12-/m0/s1. The summed E-state index contributed by atoms with van der Waals surface area (Å²) in [5.41, 5.74) is 7.22. The molecule has 0 amide bonds. The minimum absolute atomic E-state index is 0.0361. The molecule has 2 atom stereocenters. The van der Waals surface area contributed by atoms with Gasteiger partial charge >= 0.3 is 5.97 Å². The first kappa shape index (κ1) is 14.0. The Morgan fingerprint density at radius 2 is 2.11 bits per heavy atom. The molecule has 5 heteroatoms. The van der Waals surface area contributed by atoms with Crippen molar-refractivity contribution < 1.29 is 19.4 Å². The fraction of sp³-hybridized carbons (Fsp3) is 0.500. The minimum Gasteiger partial charge on any atom is -0.480 e. The molecule has 0 aromatic heterocycles. The Bertz CT molecular complexity index is 455. The average Bonchev–Trinajstić information content (AvgIpc) is 2.68. The van der Waals surface area contributed by atoms with Crippen LogP contribution in [0.4, 0.5) is 0 Å². The number of hydrogen-bond donors (Lipinski definition) is 2. The number of nitrogens with two attached hydrogens (primary N) is 1. The lowest BCUT2D eigenvalue weighted by Crippen LogP contribution is -2.22. The van der Waals surface area contributed by atoms with Gasteiger partial charge in [-0.05, 0) is 25.0 Å². The normalized spacial score (nSPS) is 23.2. The van der Waals surface area contributed by atoms with Crippen molar-refractivity contribution in [3.8, 4) is 0 Å². The summed E-state index contributed by atoms with van der Waals surface area (Å²) in [6.07, 6.45) is 0.778. The first-order valence-electron chi connectivity index (χ1n) is 6.26. The van der Waals surface area contributed by atoms with Gasteiger partial charge in [0.05, 0.1) is 12.7 Å². The Balaban J connectivity index is 1.98. The number of benzene rings is 1. The number of carboxylic acids is 1. The van der Waals surface area contributed by atoms with Gasteiger partial charge in [-0.2, -0.15) is 0 Å². The molecule has 5 nitrogen and oxygen atoms in total. The molecule has 0 saturated carbocycles. The van der Waals surface area contributed by atoms with E-state index in [2.05, 4.69) is 0 Å². The molecule has 2 rings (SSSR count). The number of ether oxygens (including phenoxy) is 2. The summed E-state index contributed by atoms with van der Waals surface area (Å²) in [5, 5.41) is 8.83. The van der Waals surface area contributed by atoms with Gasteiger partial charge in [0.15, 0.2) is 5.79 Å². The Labute approximate surface area is 112 Å². The van der Waals surface area contributed by atoms with Crippen LogP contribution in [0.5, 0.6) is 0 Å². The lowest BCUT2D eigenvalue weighted by Gasteiger charge is -2.17. The molecule has 1 saturated heterocycles. The monoisotopic (exact) mass is 265 g/mol. The van der Waals surface area contributed by atoms with Crippen LogP contribution in [0.2, 0.25) is 0 Å². The van der Waals surface area contributed by atoms with E-state index < -0.39 is 17.8 Å². The molecule has 1 fully saturated rings. The van der Waals surface area contributed by atoms with Crippen molar-refractivity contribution in [1.82, 2.24) is 0 Å². The quantitative estimate of drug-likeness (QED) is 0.861. The molecule has 0 spiro atoms. The largest absolute Gasteiger partial charge is 0.480 e. The van der Waals surface area contributed by atoms with Gasteiger partial charge in [0.1, 0.15) is 6.04 Å². The van der Waals surface area contributed by atoms with Crippen molar-refractivity contribution in [2.75, 3.05) is 6.61 Å². The molecule has 1 aromatic carbocycles. The smallest absolute Gasteiger partial charge is 0.325 e. The van der Waals surface area contributed by atoms with Crippen LogP contribution in [0, 0.1) is 0 Å². The molecular weight excluding hydrogens is 246 g/mol. The van der Waals surface area contributed by atoms with Crippen molar-refractivity contribution in [3.05, 3.63) is 35.4 Å². The topological polar surface area (TPSA) is 81.8 Å². The second kappa shape index (κ2) is 5.28. The van der Waals surface area contributed by atoms with Crippen molar-refractivity contribution in [3.63, 3.8) is 0 Å². The number of aliphatic carboxylic acids is 1. The lowest BCUT2D eigenvalue weighted by molar-refractivity contribution is -0.139. The van der Waals surface area contributed by atoms with Gasteiger partial charge in [0.2, 0.25) is 0 Å². The first-order valence-corrected chi connectivity index (χ1v) is 6.26. The molecule has 1 unspecified atom stereocenters. The molecule has 19 heavy (non-hydrogen) atoms. The van der Waals surface area contributed by atoms with Gasteiger partial charge in [-0.1, -0.05) is 24.3 Å². The Morgan fingerprint density at radius 1 is 1.47 bits per heavy atom. The highest BCUT2D eigenvalue weighted by Crippen LogP contribution is 2.24. The van der Waals surface area contributed by atoms with E-state index in [0.717, 1.165) is 12.0 Å². The van der Waals surface area contributed by atoms with E-state index in [4.69, 9.17) is 20.3 Å². The van der Waals surface area contributed by atoms with Gasteiger partial charge in [0.25, 0.3) is 0 Å². The van der Waals surface area contributed by atoms with E-state index in [0.29, 0.717) is 12.2 Å². The zero-order valence-electron chi connectivity index (χ0n) is 11.1. The van der Waals surface area contributed by atoms with Crippen LogP contribution in [0.1, 0.15) is 31.0 Å². The Kier molecular flexibility index (Phi) is 3.89. The summed E-state index contributed by atoms with van der Waals surface area (Å²) in [4.78, 5) is 10.8. The predicted molar refractivity (Wildman–Crippen MR) is 69.6 cm³/mol. The number of carboxylic acid groups (broad SMARTS) is 1. The molecule has 1 heterocycles.